The van der Waals surface area contributed by atoms with Gasteiger partial charge in [0.25, 0.3) is 0 Å². The van der Waals surface area contributed by atoms with Crippen molar-refractivity contribution in [2.75, 3.05) is 30.8 Å². The van der Waals surface area contributed by atoms with Gasteiger partial charge in [0.2, 0.25) is 5.88 Å². The summed E-state index contributed by atoms with van der Waals surface area (Å²) in [7, 11) is 0. The number of benzene rings is 1. The summed E-state index contributed by atoms with van der Waals surface area (Å²) in [6.07, 6.45) is 2.27. The molecule has 0 aliphatic heterocycles. The van der Waals surface area contributed by atoms with E-state index in [-0.39, 0.29) is 0 Å². The second-order valence-electron chi connectivity index (χ2n) is 4.32. The molecule has 0 radical (unpaired) electrons. The Bertz CT molecular complexity index is 549. The predicted octanol–water partition coefficient (Wildman–Crippen LogP) is 2.34. The van der Waals surface area contributed by atoms with E-state index in [0.29, 0.717) is 37.1 Å². The first-order valence-corrected chi connectivity index (χ1v) is 6.96. The Morgan fingerprint density at radius 3 is 2.71 bits per heavy atom. The summed E-state index contributed by atoms with van der Waals surface area (Å²) in [4.78, 5) is 8.10. The molecule has 3 N–H and O–H groups in total. The molecule has 2 aromatic rings. The molecule has 0 atom stereocenters. The van der Waals surface area contributed by atoms with Crippen molar-refractivity contribution in [3.8, 4) is 11.6 Å². The molecular weight excluding hydrogens is 268 g/mol. The fraction of sp³-hybridized carbons (Fsp3) is 0.333. The van der Waals surface area contributed by atoms with Gasteiger partial charge in [0.05, 0.1) is 13.2 Å². The first-order chi connectivity index (χ1) is 10.3. The second kappa shape index (κ2) is 7.94. The van der Waals surface area contributed by atoms with E-state index in [2.05, 4.69) is 15.3 Å². The average molecular weight is 288 g/mol. The number of para-hydroxylation sites is 1. The van der Waals surface area contributed by atoms with Gasteiger partial charge in [0, 0.05) is 6.54 Å². The molecule has 2 rings (SSSR count). The van der Waals surface area contributed by atoms with Crippen LogP contribution in [0.2, 0.25) is 0 Å². The number of aromatic nitrogens is 2. The quantitative estimate of drug-likeness (QED) is 0.725. The summed E-state index contributed by atoms with van der Waals surface area (Å²) in [6.45, 7) is 3.74. The second-order valence-corrected chi connectivity index (χ2v) is 4.32. The first-order valence-electron chi connectivity index (χ1n) is 6.96. The number of nitrogens with one attached hydrogen (secondary N) is 1. The Morgan fingerprint density at radius 1 is 1.14 bits per heavy atom. The molecule has 6 heteroatoms. The van der Waals surface area contributed by atoms with Crippen molar-refractivity contribution in [3.05, 3.63) is 36.7 Å². The molecule has 0 spiro atoms. The third-order valence-electron chi connectivity index (χ3n) is 2.75. The molecule has 0 aliphatic rings. The van der Waals surface area contributed by atoms with E-state index >= 15 is 0 Å². The Balaban J connectivity index is 1.75. The molecule has 1 heterocycles. The van der Waals surface area contributed by atoms with Crippen LogP contribution in [0.3, 0.4) is 0 Å². The summed E-state index contributed by atoms with van der Waals surface area (Å²) < 4.78 is 10.9. The number of anilines is 2. The van der Waals surface area contributed by atoms with Gasteiger partial charge in [-0.15, -0.1) is 0 Å². The standard InChI is InChI=1S/C15H20N4O2/c1-2-20-15-13(16)14(18-11-19-15)17-9-6-10-21-12-7-4-3-5-8-12/h3-5,7-8,11H,2,6,9-10,16H2,1H3,(H,17,18,19). The number of ether oxygens (including phenoxy) is 2. The fourth-order valence-corrected chi connectivity index (χ4v) is 1.76. The maximum absolute atomic E-state index is 5.93. The van der Waals surface area contributed by atoms with Crippen LogP contribution in [-0.4, -0.2) is 29.7 Å². The number of hydrogen-bond donors (Lipinski definition) is 2. The van der Waals surface area contributed by atoms with Crippen LogP contribution < -0.4 is 20.5 Å². The van der Waals surface area contributed by atoms with Crippen LogP contribution in [0.25, 0.3) is 0 Å². The summed E-state index contributed by atoms with van der Waals surface area (Å²) >= 11 is 0. The number of nitrogens with two attached hydrogens (primary N) is 1. The highest BCUT2D eigenvalue weighted by molar-refractivity contribution is 5.66. The minimum Gasteiger partial charge on any atom is -0.494 e. The van der Waals surface area contributed by atoms with Crippen LogP contribution in [0.15, 0.2) is 36.7 Å². The molecule has 0 amide bonds. The van der Waals surface area contributed by atoms with E-state index in [1.165, 1.54) is 6.33 Å². The smallest absolute Gasteiger partial charge is 0.242 e. The molecule has 1 aromatic carbocycles. The van der Waals surface area contributed by atoms with Crippen LogP contribution in [0, 0.1) is 0 Å². The van der Waals surface area contributed by atoms with Gasteiger partial charge in [0.1, 0.15) is 17.8 Å². The topological polar surface area (TPSA) is 82.3 Å². The lowest BCUT2D eigenvalue weighted by Crippen LogP contribution is -2.11. The highest BCUT2D eigenvalue weighted by atomic mass is 16.5. The van der Waals surface area contributed by atoms with Crippen molar-refractivity contribution in [3.63, 3.8) is 0 Å². The van der Waals surface area contributed by atoms with Gasteiger partial charge < -0.3 is 20.5 Å². The Morgan fingerprint density at radius 2 is 1.95 bits per heavy atom. The molecule has 0 saturated heterocycles. The zero-order chi connectivity index (χ0) is 14.9. The SMILES string of the molecule is CCOc1ncnc(NCCCOc2ccccc2)c1N. The average Bonchev–Trinajstić information content (AvgIpc) is 2.51. The van der Waals surface area contributed by atoms with Crippen molar-refractivity contribution < 1.29 is 9.47 Å². The van der Waals surface area contributed by atoms with Gasteiger partial charge in [-0.25, -0.2) is 4.98 Å². The number of nitrogens with zero attached hydrogens (tertiary/aromatic N) is 2. The highest BCUT2D eigenvalue weighted by Crippen LogP contribution is 2.24. The zero-order valence-electron chi connectivity index (χ0n) is 12.1. The molecular formula is C15H20N4O2. The van der Waals surface area contributed by atoms with E-state index in [9.17, 15) is 0 Å². The third-order valence-corrected chi connectivity index (χ3v) is 2.75. The molecule has 1 aromatic heterocycles. The highest BCUT2D eigenvalue weighted by Gasteiger charge is 2.07. The lowest BCUT2D eigenvalue weighted by Gasteiger charge is -2.11. The number of hydrogen-bond acceptors (Lipinski definition) is 6. The summed E-state index contributed by atoms with van der Waals surface area (Å²) in [5, 5.41) is 3.16. The summed E-state index contributed by atoms with van der Waals surface area (Å²) in [5.74, 6) is 1.88. The van der Waals surface area contributed by atoms with E-state index in [0.717, 1.165) is 12.2 Å². The van der Waals surface area contributed by atoms with Crippen molar-refractivity contribution in [2.45, 2.75) is 13.3 Å². The van der Waals surface area contributed by atoms with Gasteiger partial charge in [-0.1, -0.05) is 18.2 Å². The molecule has 0 bridgehead atoms. The van der Waals surface area contributed by atoms with Crippen LogP contribution in [-0.2, 0) is 0 Å². The van der Waals surface area contributed by atoms with Gasteiger partial charge in [-0.2, -0.15) is 4.98 Å². The fourth-order valence-electron chi connectivity index (χ4n) is 1.76. The van der Waals surface area contributed by atoms with Crippen LogP contribution >= 0.6 is 0 Å². The monoisotopic (exact) mass is 288 g/mol. The van der Waals surface area contributed by atoms with Gasteiger partial charge >= 0.3 is 0 Å². The van der Waals surface area contributed by atoms with E-state index in [1.54, 1.807) is 0 Å². The van der Waals surface area contributed by atoms with Gasteiger partial charge in [-0.05, 0) is 25.5 Å². The summed E-state index contributed by atoms with van der Waals surface area (Å²) in [5.41, 5.74) is 6.37. The molecule has 6 nitrogen and oxygen atoms in total. The van der Waals surface area contributed by atoms with Crippen molar-refractivity contribution in [2.24, 2.45) is 0 Å². The Labute approximate surface area is 124 Å². The minimum absolute atomic E-state index is 0.413. The lowest BCUT2D eigenvalue weighted by molar-refractivity contribution is 0.315. The molecule has 112 valence electrons. The van der Waals surface area contributed by atoms with Crippen molar-refractivity contribution in [1.82, 2.24) is 9.97 Å². The first kappa shape index (κ1) is 14.9. The lowest BCUT2D eigenvalue weighted by atomic mass is 10.3. The number of nitrogen functional groups attached to an aromatic ring is 1. The molecule has 0 saturated carbocycles. The largest absolute Gasteiger partial charge is 0.494 e. The van der Waals surface area contributed by atoms with Crippen LogP contribution in [0.5, 0.6) is 11.6 Å². The molecule has 0 fully saturated rings. The van der Waals surface area contributed by atoms with E-state index in [4.69, 9.17) is 15.2 Å². The Kier molecular flexibility index (Phi) is 5.63. The molecule has 0 unspecified atom stereocenters. The molecule has 21 heavy (non-hydrogen) atoms. The van der Waals surface area contributed by atoms with Crippen LogP contribution in [0.4, 0.5) is 11.5 Å². The maximum Gasteiger partial charge on any atom is 0.242 e. The normalized spacial score (nSPS) is 10.1. The zero-order valence-corrected chi connectivity index (χ0v) is 12.1. The number of rotatable bonds is 8. The summed E-state index contributed by atoms with van der Waals surface area (Å²) in [6, 6.07) is 9.73. The van der Waals surface area contributed by atoms with Crippen molar-refractivity contribution in [1.29, 1.82) is 0 Å². The third kappa shape index (κ3) is 4.52. The van der Waals surface area contributed by atoms with Gasteiger partial charge in [-0.3, -0.25) is 0 Å². The van der Waals surface area contributed by atoms with E-state index in [1.807, 2.05) is 37.3 Å². The van der Waals surface area contributed by atoms with Gasteiger partial charge in [0.15, 0.2) is 5.82 Å². The van der Waals surface area contributed by atoms with E-state index < -0.39 is 0 Å². The van der Waals surface area contributed by atoms with Crippen LogP contribution in [0.1, 0.15) is 13.3 Å². The predicted molar refractivity (Wildman–Crippen MR) is 82.7 cm³/mol. The van der Waals surface area contributed by atoms with Crippen molar-refractivity contribution >= 4 is 11.5 Å². The Hall–Kier alpha value is -2.50. The molecule has 0 aliphatic carbocycles. The minimum atomic E-state index is 0.413. The maximum atomic E-state index is 5.93.